The largest absolute Gasteiger partial charge is 0.380 e. The van der Waals surface area contributed by atoms with Crippen LogP contribution in [-0.2, 0) is 4.74 Å². The number of hydrogen-bond acceptors (Lipinski definition) is 3. The quantitative estimate of drug-likeness (QED) is 0.682. The number of nitrogens with one attached hydrogen (secondary N) is 1. The van der Waals surface area contributed by atoms with Crippen molar-refractivity contribution in [3.63, 3.8) is 0 Å². The lowest BCUT2D eigenvalue weighted by molar-refractivity contribution is 0.124. The highest BCUT2D eigenvalue weighted by Crippen LogP contribution is 2.33. The molecule has 0 amide bonds. The van der Waals surface area contributed by atoms with Gasteiger partial charge in [-0.1, -0.05) is 0 Å². The second-order valence-electron chi connectivity index (χ2n) is 6.18. The minimum Gasteiger partial charge on any atom is -0.380 e. The number of hydrogen-bond donors (Lipinski definition) is 1. The molecule has 1 saturated heterocycles. The van der Waals surface area contributed by atoms with Gasteiger partial charge in [0.1, 0.15) is 0 Å². The summed E-state index contributed by atoms with van der Waals surface area (Å²) in [5.74, 6) is 0.895. The molecule has 0 aromatic heterocycles. The van der Waals surface area contributed by atoms with E-state index in [-0.39, 0.29) is 0 Å². The molecular weight excluding hydrogens is 212 g/mol. The summed E-state index contributed by atoms with van der Waals surface area (Å²) in [6, 6.07) is 2.41. The highest BCUT2D eigenvalue weighted by atomic mass is 16.5. The van der Waals surface area contributed by atoms with Gasteiger partial charge < -0.3 is 10.1 Å². The number of ether oxygens (including phenoxy) is 1. The molecular formula is C14H26N2O. The van der Waals surface area contributed by atoms with E-state index < -0.39 is 0 Å². The molecule has 0 radical (unpaired) electrons. The summed E-state index contributed by atoms with van der Waals surface area (Å²) in [5.41, 5.74) is 0. The molecule has 1 aliphatic heterocycles. The molecule has 3 aliphatic rings. The second-order valence-corrected chi connectivity index (χ2v) is 6.18. The van der Waals surface area contributed by atoms with Gasteiger partial charge in [-0.2, -0.15) is 0 Å². The first-order chi connectivity index (χ1) is 8.33. The van der Waals surface area contributed by atoms with Crippen molar-refractivity contribution in [3.8, 4) is 0 Å². The Bertz CT molecular complexity index is 251. The highest BCUT2D eigenvalue weighted by Gasteiger charge is 2.38. The molecule has 98 valence electrons. The van der Waals surface area contributed by atoms with Gasteiger partial charge in [-0.15, -0.1) is 0 Å². The van der Waals surface area contributed by atoms with Crippen LogP contribution in [-0.4, -0.2) is 49.3 Å². The molecule has 0 bridgehead atoms. The van der Waals surface area contributed by atoms with Crippen LogP contribution in [0.5, 0.6) is 0 Å². The van der Waals surface area contributed by atoms with Crippen LogP contribution >= 0.6 is 0 Å². The number of likely N-dealkylation sites (tertiary alicyclic amines) is 1. The summed E-state index contributed by atoms with van der Waals surface area (Å²) in [4.78, 5) is 2.70. The molecule has 3 nitrogen and oxygen atoms in total. The maximum atomic E-state index is 5.65. The summed E-state index contributed by atoms with van der Waals surface area (Å²) >= 11 is 0. The average molecular weight is 238 g/mol. The summed E-state index contributed by atoms with van der Waals surface area (Å²) < 4.78 is 5.65. The fraction of sp³-hybridized carbons (Fsp3) is 1.00. The Morgan fingerprint density at radius 1 is 1.24 bits per heavy atom. The fourth-order valence-electron chi connectivity index (χ4n) is 2.99. The predicted octanol–water partition coefficient (Wildman–Crippen LogP) is 1.63. The third-order valence-electron chi connectivity index (χ3n) is 4.37. The highest BCUT2D eigenvalue weighted by molar-refractivity contribution is 4.95. The Kier molecular flexibility index (Phi) is 3.69. The molecule has 1 N–H and O–H groups in total. The van der Waals surface area contributed by atoms with Crippen molar-refractivity contribution in [1.82, 2.24) is 10.2 Å². The summed E-state index contributed by atoms with van der Waals surface area (Å²) in [6.45, 7) is 6.56. The minimum atomic E-state index is 0.704. The Morgan fingerprint density at radius 3 is 2.76 bits per heavy atom. The van der Waals surface area contributed by atoms with Crippen LogP contribution < -0.4 is 5.32 Å². The molecule has 0 aromatic carbocycles. The molecule has 2 unspecified atom stereocenters. The first-order valence-corrected chi connectivity index (χ1v) is 7.40. The van der Waals surface area contributed by atoms with E-state index in [1.165, 1.54) is 38.6 Å². The number of nitrogens with zero attached hydrogens (tertiary/aromatic N) is 1. The van der Waals surface area contributed by atoms with E-state index in [4.69, 9.17) is 4.74 Å². The predicted molar refractivity (Wildman–Crippen MR) is 69.1 cm³/mol. The summed E-state index contributed by atoms with van der Waals surface area (Å²) in [7, 11) is 0. The van der Waals surface area contributed by atoms with Crippen LogP contribution in [0.25, 0.3) is 0 Å². The zero-order valence-corrected chi connectivity index (χ0v) is 11.0. The van der Waals surface area contributed by atoms with E-state index in [0.29, 0.717) is 6.04 Å². The van der Waals surface area contributed by atoms with E-state index in [0.717, 1.165) is 37.8 Å². The maximum absolute atomic E-state index is 5.65. The van der Waals surface area contributed by atoms with Gasteiger partial charge in [-0.05, 0) is 44.9 Å². The lowest BCUT2D eigenvalue weighted by atomic mass is 10.2. The van der Waals surface area contributed by atoms with E-state index >= 15 is 0 Å². The van der Waals surface area contributed by atoms with Crippen LogP contribution in [0.1, 0.15) is 39.0 Å². The third-order valence-corrected chi connectivity index (χ3v) is 4.37. The smallest absolute Gasteiger partial charge is 0.0591 e. The van der Waals surface area contributed by atoms with E-state index in [9.17, 15) is 0 Å². The molecule has 1 heterocycles. The van der Waals surface area contributed by atoms with Crippen LogP contribution in [0.3, 0.4) is 0 Å². The van der Waals surface area contributed by atoms with Crippen molar-refractivity contribution in [2.75, 3.05) is 26.3 Å². The zero-order valence-electron chi connectivity index (χ0n) is 11.0. The van der Waals surface area contributed by atoms with Crippen molar-refractivity contribution in [3.05, 3.63) is 0 Å². The minimum absolute atomic E-state index is 0.704. The Morgan fingerprint density at radius 2 is 2.06 bits per heavy atom. The topological polar surface area (TPSA) is 24.5 Å². The molecule has 2 saturated carbocycles. The SMILES string of the molecule is CC1CC(NCCOCC2CC2)CN1C1CC1. The van der Waals surface area contributed by atoms with Crippen LogP contribution in [0, 0.1) is 5.92 Å². The van der Waals surface area contributed by atoms with Crippen molar-refractivity contribution in [2.45, 2.75) is 57.2 Å². The maximum Gasteiger partial charge on any atom is 0.0591 e. The normalized spacial score (nSPS) is 34.4. The molecule has 2 atom stereocenters. The van der Waals surface area contributed by atoms with Crippen molar-refractivity contribution in [2.24, 2.45) is 5.92 Å². The molecule has 0 spiro atoms. The van der Waals surface area contributed by atoms with Crippen LogP contribution in [0.15, 0.2) is 0 Å². The molecule has 2 aliphatic carbocycles. The van der Waals surface area contributed by atoms with Crippen molar-refractivity contribution >= 4 is 0 Å². The molecule has 3 rings (SSSR count). The average Bonchev–Trinajstić information content (AvgIpc) is 3.20. The first kappa shape index (κ1) is 11.9. The van der Waals surface area contributed by atoms with Gasteiger partial charge in [0.2, 0.25) is 0 Å². The van der Waals surface area contributed by atoms with E-state index in [2.05, 4.69) is 17.1 Å². The van der Waals surface area contributed by atoms with Crippen molar-refractivity contribution < 1.29 is 4.74 Å². The summed E-state index contributed by atoms with van der Waals surface area (Å²) in [6.07, 6.45) is 6.97. The number of rotatable bonds is 7. The zero-order chi connectivity index (χ0) is 11.7. The van der Waals surface area contributed by atoms with Gasteiger partial charge in [-0.25, -0.2) is 0 Å². The molecule has 0 aromatic rings. The van der Waals surface area contributed by atoms with Gasteiger partial charge in [0.15, 0.2) is 0 Å². The first-order valence-electron chi connectivity index (χ1n) is 7.40. The summed E-state index contributed by atoms with van der Waals surface area (Å²) in [5, 5.41) is 3.65. The second kappa shape index (κ2) is 5.25. The Hall–Kier alpha value is -0.120. The van der Waals surface area contributed by atoms with Gasteiger partial charge in [0.25, 0.3) is 0 Å². The Balaban J connectivity index is 1.27. The van der Waals surface area contributed by atoms with Gasteiger partial charge in [-0.3, -0.25) is 4.90 Å². The van der Waals surface area contributed by atoms with Crippen molar-refractivity contribution in [1.29, 1.82) is 0 Å². The van der Waals surface area contributed by atoms with Gasteiger partial charge in [0, 0.05) is 37.8 Å². The molecule has 17 heavy (non-hydrogen) atoms. The van der Waals surface area contributed by atoms with E-state index in [1.807, 2.05) is 0 Å². The van der Waals surface area contributed by atoms with Gasteiger partial charge >= 0.3 is 0 Å². The van der Waals surface area contributed by atoms with Gasteiger partial charge in [0.05, 0.1) is 6.61 Å². The lowest BCUT2D eigenvalue weighted by Gasteiger charge is -2.19. The van der Waals surface area contributed by atoms with Crippen LogP contribution in [0.4, 0.5) is 0 Å². The monoisotopic (exact) mass is 238 g/mol. The van der Waals surface area contributed by atoms with Crippen LogP contribution in [0.2, 0.25) is 0 Å². The fourth-order valence-corrected chi connectivity index (χ4v) is 2.99. The third kappa shape index (κ3) is 3.43. The Labute approximate surface area is 105 Å². The molecule has 3 heteroatoms. The molecule has 3 fully saturated rings. The standard InChI is InChI=1S/C14H26N2O/c1-11-8-13(9-16(11)14-4-5-14)15-6-7-17-10-12-2-3-12/h11-15H,2-10H2,1H3. The van der Waals surface area contributed by atoms with E-state index in [1.54, 1.807) is 0 Å². The lowest BCUT2D eigenvalue weighted by Crippen LogP contribution is -2.35.